The Bertz CT molecular complexity index is 1120. The van der Waals surface area contributed by atoms with E-state index in [2.05, 4.69) is 0 Å². The molecule has 0 saturated carbocycles. The molecule has 1 aliphatic heterocycles. The van der Waals surface area contributed by atoms with Gasteiger partial charge in [-0.25, -0.2) is 0 Å². The van der Waals surface area contributed by atoms with Crippen LogP contribution in [0.2, 0.25) is 0 Å². The number of hydrogen-bond acceptors (Lipinski definition) is 3. The highest BCUT2D eigenvalue weighted by Crippen LogP contribution is 2.43. The van der Waals surface area contributed by atoms with E-state index in [0.29, 0.717) is 43.0 Å². The van der Waals surface area contributed by atoms with Gasteiger partial charge in [-0.05, 0) is 73.2 Å². The lowest BCUT2D eigenvalue weighted by Gasteiger charge is -2.42. The molecule has 39 heavy (non-hydrogen) atoms. The molecule has 0 aromatic heterocycles. The van der Waals surface area contributed by atoms with Crippen molar-refractivity contribution >= 4 is 5.97 Å². The summed E-state index contributed by atoms with van der Waals surface area (Å²) >= 11 is 0. The van der Waals surface area contributed by atoms with Gasteiger partial charge in [0.2, 0.25) is 0 Å². The molecule has 1 heterocycles. The molecular weight excluding hydrogens is 541 g/mol. The van der Waals surface area contributed by atoms with Gasteiger partial charge < -0.3 is 4.74 Å². The Labute approximate surface area is 219 Å². The Morgan fingerprint density at radius 2 is 1.51 bits per heavy atom. The first-order valence-corrected chi connectivity index (χ1v) is 12.3. The van der Waals surface area contributed by atoms with Gasteiger partial charge in [-0.15, -0.1) is 0 Å². The first-order chi connectivity index (χ1) is 18.1. The molecule has 1 fully saturated rings. The zero-order chi connectivity index (χ0) is 29.2. The van der Waals surface area contributed by atoms with E-state index in [-0.39, 0.29) is 18.9 Å². The van der Waals surface area contributed by atoms with Gasteiger partial charge in [0.05, 0.1) is 29.7 Å². The number of carbonyl (C=O) groups excluding carboxylic acids is 1. The second-order valence-corrected chi connectivity index (χ2v) is 9.68. The number of carbonyl (C=O) groups is 1. The predicted molar refractivity (Wildman–Crippen MR) is 124 cm³/mol. The molecule has 0 spiro atoms. The molecular formula is C27H28F9NO2. The molecule has 3 rings (SSSR count). The molecule has 0 unspecified atom stereocenters. The molecule has 3 atom stereocenters. The second-order valence-electron chi connectivity index (χ2n) is 9.68. The molecule has 12 heteroatoms. The summed E-state index contributed by atoms with van der Waals surface area (Å²) in [7, 11) is 1.24. The summed E-state index contributed by atoms with van der Waals surface area (Å²) < 4.78 is 126. The number of esters is 1. The van der Waals surface area contributed by atoms with Crippen LogP contribution < -0.4 is 0 Å². The van der Waals surface area contributed by atoms with Gasteiger partial charge in [0.1, 0.15) is 0 Å². The fraction of sp³-hybridized carbons (Fsp3) is 0.519. The van der Waals surface area contributed by atoms with Crippen molar-refractivity contribution in [3.63, 3.8) is 0 Å². The monoisotopic (exact) mass is 569 g/mol. The number of rotatable bonds is 7. The lowest BCUT2D eigenvalue weighted by atomic mass is 9.77. The first kappa shape index (κ1) is 30.8. The van der Waals surface area contributed by atoms with E-state index in [4.69, 9.17) is 4.74 Å². The van der Waals surface area contributed by atoms with Gasteiger partial charge in [0, 0.05) is 12.6 Å². The molecule has 2 aromatic carbocycles. The van der Waals surface area contributed by atoms with Crippen molar-refractivity contribution in [2.75, 3.05) is 13.7 Å². The van der Waals surface area contributed by atoms with Crippen LogP contribution in [-0.4, -0.2) is 24.5 Å². The van der Waals surface area contributed by atoms with Crippen LogP contribution in [0.5, 0.6) is 0 Å². The van der Waals surface area contributed by atoms with Crippen molar-refractivity contribution in [3.05, 3.63) is 70.3 Å². The Hall–Kier alpha value is -2.76. The van der Waals surface area contributed by atoms with Crippen molar-refractivity contribution in [3.8, 4) is 0 Å². The van der Waals surface area contributed by atoms with Crippen molar-refractivity contribution in [1.82, 2.24) is 4.90 Å². The van der Waals surface area contributed by atoms with Gasteiger partial charge in [0.25, 0.3) is 0 Å². The minimum absolute atomic E-state index is 0.112. The maximum absolute atomic E-state index is 13.7. The topological polar surface area (TPSA) is 29.5 Å². The molecule has 0 N–H and O–H groups in total. The molecule has 1 aliphatic rings. The first-order valence-electron chi connectivity index (χ1n) is 12.3. The number of likely N-dealkylation sites (tertiary alicyclic amines) is 1. The standard InChI is InChI=1S/C27H28F9NO2/c1-3-4-21(24(38)39-2)17-11-12-37(23(14-17)16-5-7-19(8-6-16)25(28,29)30)15-18-13-20(26(31,32)33)9-10-22(18)27(34,35)36/h5-10,13,17,21,23H,3-4,11-12,14-15H2,1-2H3/t17-,21-,23+/m0/s1. The van der Waals surface area contributed by atoms with E-state index in [1.807, 2.05) is 6.92 Å². The highest BCUT2D eigenvalue weighted by atomic mass is 19.4. The lowest BCUT2D eigenvalue weighted by Crippen LogP contribution is -2.40. The molecule has 216 valence electrons. The van der Waals surface area contributed by atoms with Crippen LogP contribution in [0.15, 0.2) is 42.5 Å². The fourth-order valence-corrected chi connectivity index (χ4v) is 5.24. The minimum Gasteiger partial charge on any atom is -0.469 e. The average Bonchev–Trinajstić information content (AvgIpc) is 2.85. The van der Waals surface area contributed by atoms with Gasteiger partial charge in [-0.3, -0.25) is 9.69 Å². The van der Waals surface area contributed by atoms with Crippen molar-refractivity contribution < 1.29 is 49.0 Å². The number of ether oxygens (including phenoxy) is 1. The SMILES string of the molecule is CCC[C@H](C(=O)OC)[C@H]1CCN(Cc2cc(C(F)(F)F)ccc2C(F)(F)F)[C@@H](c2ccc(C(F)(F)F)cc2)C1. The summed E-state index contributed by atoms with van der Waals surface area (Å²) in [6.45, 7) is 1.46. The lowest BCUT2D eigenvalue weighted by molar-refractivity contribution is -0.149. The molecule has 0 amide bonds. The van der Waals surface area contributed by atoms with Crippen LogP contribution in [0.3, 0.4) is 0 Å². The highest BCUT2D eigenvalue weighted by Gasteiger charge is 2.40. The number of halogens is 9. The van der Waals surface area contributed by atoms with Crippen LogP contribution >= 0.6 is 0 Å². The summed E-state index contributed by atoms with van der Waals surface area (Å²) in [6.07, 6.45) is -12.7. The third-order valence-corrected chi connectivity index (χ3v) is 7.16. The van der Waals surface area contributed by atoms with E-state index in [1.54, 1.807) is 0 Å². The van der Waals surface area contributed by atoms with E-state index >= 15 is 0 Å². The van der Waals surface area contributed by atoms with Gasteiger partial charge in [0.15, 0.2) is 0 Å². The summed E-state index contributed by atoms with van der Waals surface area (Å²) in [4.78, 5) is 14.0. The number of alkyl halides is 9. The van der Waals surface area contributed by atoms with E-state index in [9.17, 15) is 44.3 Å². The zero-order valence-electron chi connectivity index (χ0n) is 21.2. The average molecular weight is 570 g/mol. The largest absolute Gasteiger partial charge is 0.469 e. The quantitative estimate of drug-likeness (QED) is 0.248. The Morgan fingerprint density at radius 3 is 2.03 bits per heavy atom. The summed E-state index contributed by atoms with van der Waals surface area (Å²) in [6, 6.07) is 4.63. The predicted octanol–water partition coefficient (Wildman–Crippen LogP) is 8.29. The second kappa shape index (κ2) is 11.8. The van der Waals surface area contributed by atoms with Gasteiger partial charge >= 0.3 is 24.5 Å². The molecule has 0 radical (unpaired) electrons. The van der Waals surface area contributed by atoms with E-state index < -0.39 is 65.3 Å². The third-order valence-electron chi connectivity index (χ3n) is 7.16. The molecule has 0 bridgehead atoms. The van der Waals surface area contributed by atoms with Crippen molar-refractivity contribution in [1.29, 1.82) is 0 Å². The van der Waals surface area contributed by atoms with E-state index in [1.165, 1.54) is 24.1 Å². The maximum atomic E-state index is 13.7. The summed E-state index contributed by atoms with van der Waals surface area (Å²) in [5.41, 5.74) is -3.61. The Balaban J connectivity index is 2.04. The fourth-order valence-electron chi connectivity index (χ4n) is 5.24. The smallest absolute Gasteiger partial charge is 0.416 e. The van der Waals surface area contributed by atoms with E-state index in [0.717, 1.165) is 12.1 Å². The minimum atomic E-state index is -4.92. The Morgan fingerprint density at radius 1 is 0.923 bits per heavy atom. The summed E-state index contributed by atoms with van der Waals surface area (Å²) in [5.74, 6) is -1.28. The number of hydrogen-bond donors (Lipinski definition) is 0. The van der Waals surface area contributed by atoms with Crippen LogP contribution in [0, 0.1) is 11.8 Å². The van der Waals surface area contributed by atoms with Crippen LogP contribution in [0.1, 0.15) is 66.5 Å². The van der Waals surface area contributed by atoms with Crippen molar-refractivity contribution in [2.24, 2.45) is 11.8 Å². The number of piperidine rings is 1. The van der Waals surface area contributed by atoms with Crippen molar-refractivity contribution in [2.45, 2.75) is 63.7 Å². The van der Waals surface area contributed by atoms with Crippen LogP contribution in [0.25, 0.3) is 0 Å². The van der Waals surface area contributed by atoms with Gasteiger partial charge in [-0.1, -0.05) is 25.5 Å². The molecule has 2 aromatic rings. The van der Waals surface area contributed by atoms with Crippen LogP contribution in [0.4, 0.5) is 39.5 Å². The zero-order valence-corrected chi connectivity index (χ0v) is 21.2. The van der Waals surface area contributed by atoms with Crippen LogP contribution in [-0.2, 0) is 34.6 Å². The molecule has 0 aliphatic carbocycles. The molecule has 3 nitrogen and oxygen atoms in total. The number of nitrogens with zero attached hydrogens (tertiary/aromatic N) is 1. The number of methoxy groups -OCH3 is 1. The maximum Gasteiger partial charge on any atom is 0.416 e. The normalized spacial score (nSPS) is 20.1. The Kier molecular flexibility index (Phi) is 9.29. The third kappa shape index (κ3) is 7.46. The molecule has 1 saturated heterocycles. The number of benzene rings is 2. The highest BCUT2D eigenvalue weighted by molar-refractivity contribution is 5.72. The summed E-state index contributed by atoms with van der Waals surface area (Å²) in [5, 5.41) is 0. The van der Waals surface area contributed by atoms with Gasteiger partial charge in [-0.2, -0.15) is 39.5 Å².